The van der Waals surface area contributed by atoms with Gasteiger partial charge in [-0.3, -0.25) is 4.79 Å². The Morgan fingerprint density at radius 2 is 2.00 bits per heavy atom. The summed E-state index contributed by atoms with van der Waals surface area (Å²) in [6.07, 6.45) is 2.50. The maximum Gasteiger partial charge on any atom is 0.268 e. The summed E-state index contributed by atoms with van der Waals surface area (Å²) in [5.41, 5.74) is 1.60. The van der Waals surface area contributed by atoms with Crippen molar-refractivity contribution < 1.29 is 4.79 Å². The molecule has 0 radical (unpaired) electrons. The van der Waals surface area contributed by atoms with Crippen molar-refractivity contribution in [1.29, 1.82) is 0 Å². The van der Waals surface area contributed by atoms with Crippen LogP contribution >= 0.6 is 11.6 Å². The van der Waals surface area contributed by atoms with Crippen molar-refractivity contribution >= 4 is 17.5 Å². The highest BCUT2D eigenvalue weighted by Gasteiger charge is 2.17. The Labute approximate surface area is 124 Å². The van der Waals surface area contributed by atoms with Crippen molar-refractivity contribution in [1.82, 2.24) is 10.3 Å². The van der Waals surface area contributed by atoms with Gasteiger partial charge in [-0.15, -0.1) is 0 Å². The Hall–Kier alpha value is -1.74. The number of halogens is 1. The van der Waals surface area contributed by atoms with Gasteiger partial charge in [-0.2, -0.15) is 0 Å². The normalized spacial score (nSPS) is 12.4. The van der Waals surface area contributed by atoms with E-state index in [1.54, 1.807) is 12.3 Å². The molecule has 0 saturated heterocycles. The van der Waals surface area contributed by atoms with Gasteiger partial charge >= 0.3 is 0 Å². The second-order valence-electron chi connectivity index (χ2n) is 5.30. The fourth-order valence-electron chi connectivity index (χ4n) is 2.17. The van der Waals surface area contributed by atoms with Crippen LogP contribution in [0.2, 0.25) is 5.02 Å². The van der Waals surface area contributed by atoms with Gasteiger partial charge in [0, 0.05) is 6.20 Å². The molecule has 1 unspecified atom stereocenters. The summed E-state index contributed by atoms with van der Waals surface area (Å²) in [6.45, 7) is 4.29. The lowest BCUT2D eigenvalue weighted by Crippen LogP contribution is -2.29. The Bertz CT molecular complexity index is 563. The van der Waals surface area contributed by atoms with Gasteiger partial charge in [0.05, 0.1) is 11.1 Å². The number of nitrogens with one attached hydrogen (secondary N) is 2. The van der Waals surface area contributed by atoms with Gasteiger partial charge in [0.15, 0.2) is 0 Å². The molecule has 0 aliphatic heterocycles. The van der Waals surface area contributed by atoms with E-state index < -0.39 is 0 Å². The van der Waals surface area contributed by atoms with Gasteiger partial charge in [-0.25, -0.2) is 0 Å². The molecule has 1 atom stereocenters. The number of carbonyl (C=O) groups excluding carboxylic acids is 1. The van der Waals surface area contributed by atoms with Gasteiger partial charge in [0.2, 0.25) is 0 Å². The smallest absolute Gasteiger partial charge is 0.268 e. The van der Waals surface area contributed by atoms with Crippen LogP contribution in [0.3, 0.4) is 0 Å². The summed E-state index contributed by atoms with van der Waals surface area (Å²) < 4.78 is 0. The topological polar surface area (TPSA) is 44.9 Å². The van der Waals surface area contributed by atoms with Gasteiger partial charge < -0.3 is 10.3 Å². The molecule has 3 nitrogen and oxygen atoms in total. The molecule has 0 bridgehead atoms. The molecule has 0 aliphatic rings. The summed E-state index contributed by atoms with van der Waals surface area (Å²) in [5, 5.41) is 3.60. The SMILES string of the molecule is CC(C)CC(NC(=O)c1cc(Cl)c[nH]1)c1ccccc1. The lowest BCUT2D eigenvalue weighted by molar-refractivity contribution is 0.0927. The maximum absolute atomic E-state index is 12.2. The standard InChI is InChI=1S/C16H19ClN2O/c1-11(2)8-14(12-6-4-3-5-7-12)19-16(20)15-9-13(17)10-18-15/h3-7,9-11,14,18H,8H2,1-2H3,(H,19,20). The molecule has 2 rings (SSSR count). The van der Waals surface area contributed by atoms with Crippen molar-refractivity contribution in [2.45, 2.75) is 26.3 Å². The molecule has 4 heteroatoms. The Morgan fingerprint density at radius 3 is 2.55 bits per heavy atom. The minimum Gasteiger partial charge on any atom is -0.356 e. The number of carbonyl (C=O) groups is 1. The van der Waals surface area contributed by atoms with Crippen LogP contribution in [-0.2, 0) is 0 Å². The van der Waals surface area contributed by atoms with Crippen molar-refractivity contribution in [2.24, 2.45) is 5.92 Å². The zero-order valence-electron chi connectivity index (χ0n) is 11.7. The molecule has 106 valence electrons. The van der Waals surface area contributed by atoms with Crippen molar-refractivity contribution in [3.05, 3.63) is 58.9 Å². The van der Waals surface area contributed by atoms with Crippen LogP contribution in [0.25, 0.3) is 0 Å². The van der Waals surface area contributed by atoms with E-state index in [2.05, 4.69) is 24.1 Å². The number of benzene rings is 1. The quantitative estimate of drug-likeness (QED) is 0.852. The summed E-state index contributed by atoms with van der Waals surface area (Å²) in [7, 11) is 0. The zero-order chi connectivity index (χ0) is 14.5. The number of rotatable bonds is 5. The Kier molecular flexibility index (Phi) is 4.85. The molecule has 1 aromatic heterocycles. The van der Waals surface area contributed by atoms with Gasteiger partial charge in [0.1, 0.15) is 5.69 Å². The highest BCUT2D eigenvalue weighted by Crippen LogP contribution is 2.21. The first-order valence-electron chi connectivity index (χ1n) is 6.76. The number of aromatic nitrogens is 1. The highest BCUT2D eigenvalue weighted by atomic mass is 35.5. The fraction of sp³-hybridized carbons (Fsp3) is 0.312. The van der Waals surface area contributed by atoms with Crippen molar-refractivity contribution in [2.75, 3.05) is 0 Å². The number of H-pyrrole nitrogens is 1. The maximum atomic E-state index is 12.2. The molecule has 0 saturated carbocycles. The van der Waals surface area contributed by atoms with Crippen LogP contribution in [0, 0.1) is 5.92 Å². The first-order valence-corrected chi connectivity index (χ1v) is 7.14. The van der Waals surface area contributed by atoms with E-state index >= 15 is 0 Å². The number of hydrogen-bond acceptors (Lipinski definition) is 1. The molecular weight excluding hydrogens is 272 g/mol. The molecule has 20 heavy (non-hydrogen) atoms. The van der Waals surface area contributed by atoms with Crippen LogP contribution < -0.4 is 5.32 Å². The minimum absolute atomic E-state index is 0.00535. The molecule has 0 fully saturated rings. The first-order chi connectivity index (χ1) is 9.56. The third-order valence-corrected chi connectivity index (χ3v) is 3.33. The van der Waals surface area contributed by atoms with Crippen LogP contribution in [0.1, 0.15) is 42.4 Å². The molecule has 2 N–H and O–H groups in total. The van der Waals surface area contributed by atoms with Crippen LogP contribution in [0.15, 0.2) is 42.6 Å². The third-order valence-electron chi connectivity index (χ3n) is 3.11. The zero-order valence-corrected chi connectivity index (χ0v) is 12.4. The van der Waals surface area contributed by atoms with E-state index in [1.807, 2.05) is 30.3 Å². The molecule has 1 heterocycles. The average Bonchev–Trinajstić information content (AvgIpc) is 2.85. The first kappa shape index (κ1) is 14.7. The van der Waals surface area contributed by atoms with Gasteiger partial charge in [0.25, 0.3) is 5.91 Å². The summed E-state index contributed by atoms with van der Waals surface area (Å²) >= 11 is 5.83. The molecule has 1 amide bonds. The minimum atomic E-state index is -0.133. The predicted molar refractivity (Wildman–Crippen MR) is 81.9 cm³/mol. The summed E-state index contributed by atoms with van der Waals surface area (Å²) in [4.78, 5) is 15.1. The summed E-state index contributed by atoms with van der Waals surface area (Å²) in [5.74, 6) is 0.360. The van der Waals surface area contributed by atoms with Crippen molar-refractivity contribution in [3.63, 3.8) is 0 Å². The fourth-order valence-corrected chi connectivity index (χ4v) is 2.33. The van der Waals surface area contributed by atoms with Crippen molar-refractivity contribution in [3.8, 4) is 0 Å². The molecular formula is C16H19ClN2O. The Morgan fingerprint density at radius 1 is 1.30 bits per heavy atom. The van der Waals surface area contributed by atoms with E-state index in [-0.39, 0.29) is 11.9 Å². The molecule has 2 aromatic rings. The van der Waals surface area contributed by atoms with Crippen LogP contribution in [0.4, 0.5) is 0 Å². The second kappa shape index (κ2) is 6.62. The second-order valence-corrected chi connectivity index (χ2v) is 5.73. The van der Waals surface area contributed by atoms with Crippen LogP contribution in [-0.4, -0.2) is 10.9 Å². The molecule has 0 spiro atoms. The van der Waals surface area contributed by atoms with Gasteiger partial charge in [-0.05, 0) is 24.0 Å². The Balaban J connectivity index is 2.14. The van der Waals surface area contributed by atoms with E-state index in [9.17, 15) is 4.79 Å². The van der Waals surface area contributed by atoms with E-state index in [4.69, 9.17) is 11.6 Å². The highest BCUT2D eigenvalue weighted by molar-refractivity contribution is 6.30. The molecule has 1 aromatic carbocycles. The van der Waals surface area contributed by atoms with E-state index in [0.29, 0.717) is 16.6 Å². The summed E-state index contributed by atoms with van der Waals surface area (Å²) in [6, 6.07) is 11.7. The predicted octanol–water partition coefficient (Wildman–Crippen LogP) is 4.19. The monoisotopic (exact) mass is 290 g/mol. The average molecular weight is 291 g/mol. The third kappa shape index (κ3) is 3.87. The van der Waals surface area contributed by atoms with Crippen LogP contribution in [0.5, 0.6) is 0 Å². The largest absolute Gasteiger partial charge is 0.356 e. The van der Waals surface area contributed by atoms with Gasteiger partial charge in [-0.1, -0.05) is 55.8 Å². The van der Waals surface area contributed by atoms with E-state index in [0.717, 1.165) is 12.0 Å². The molecule has 0 aliphatic carbocycles. The lowest BCUT2D eigenvalue weighted by atomic mass is 9.97. The number of amides is 1. The van der Waals surface area contributed by atoms with E-state index in [1.165, 1.54) is 0 Å². The number of hydrogen-bond donors (Lipinski definition) is 2. The number of aromatic amines is 1. The lowest BCUT2D eigenvalue weighted by Gasteiger charge is -2.20.